The quantitative estimate of drug-likeness (QED) is 0.377. The highest BCUT2D eigenvalue weighted by Gasteiger charge is 2.35. The average Bonchev–Trinajstić information content (AvgIpc) is 3.38. The van der Waals surface area contributed by atoms with Gasteiger partial charge >= 0.3 is 0 Å². The number of carbonyl (C=O) groups excluding carboxylic acids is 3. The molecule has 3 N–H and O–H groups in total. The molecule has 9 nitrogen and oxygen atoms in total. The number of nitrogens with one attached hydrogen (secondary N) is 2. The molecule has 3 amide bonds. The number of aliphatic hydroxyl groups excluding tert-OH is 1. The van der Waals surface area contributed by atoms with E-state index in [-0.39, 0.29) is 18.4 Å². The molecule has 0 bridgehead atoms. The predicted molar refractivity (Wildman–Crippen MR) is 122 cm³/mol. The number of rotatable bonds is 7. The summed E-state index contributed by atoms with van der Waals surface area (Å²) in [5.41, 5.74) is 2.95. The number of aliphatic hydroxyl groups is 1. The highest BCUT2D eigenvalue weighted by Crippen LogP contribution is 2.42. The van der Waals surface area contributed by atoms with Gasteiger partial charge in [-0.25, -0.2) is 4.98 Å². The third-order valence-corrected chi connectivity index (χ3v) is 6.12. The molecular formula is C24H21N5O4. The van der Waals surface area contributed by atoms with Crippen LogP contribution in [0.25, 0.3) is 21.8 Å². The van der Waals surface area contributed by atoms with Crippen LogP contribution in [0.3, 0.4) is 0 Å². The van der Waals surface area contributed by atoms with E-state index in [0.29, 0.717) is 46.4 Å². The number of hydrogen-bond acceptors (Lipinski definition) is 6. The summed E-state index contributed by atoms with van der Waals surface area (Å²) in [4.78, 5) is 48.9. The minimum absolute atomic E-state index is 0.113. The van der Waals surface area contributed by atoms with Gasteiger partial charge in [0.1, 0.15) is 11.8 Å². The zero-order valence-corrected chi connectivity index (χ0v) is 17.8. The molecule has 3 aromatic heterocycles. The van der Waals surface area contributed by atoms with Crippen molar-refractivity contribution in [2.45, 2.75) is 31.9 Å². The Morgan fingerprint density at radius 3 is 2.88 bits per heavy atom. The van der Waals surface area contributed by atoms with Gasteiger partial charge in [0.05, 0.1) is 17.6 Å². The van der Waals surface area contributed by atoms with E-state index in [9.17, 15) is 19.5 Å². The molecule has 0 aliphatic carbocycles. The summed E-state index contributed by atoms with van der Waals surface area (Å²) >= 11 is 0. The Morgan fingerprint density at radius 2 is 2.06 bits per heavy atom. The third kappa shape index (κ3) is 3.33. The molecule has 2 atom stereocenters. The largest absolute Gasteiger partial charge is 0.382 e. The van der Waals surface area contributed by atoms with Crippen molar-refractivity contribution in [1.82, 2.24) is 20.3 Å². The van der Waals surface area contributed by atoms with Crippen molar-refractivity contribution >= 4 is 45.7 Å². The van der Waals surface area contributed by atoms with E-state index in [0.717, 1.165) is 10.8 Å². The number of anilines is 1. The first-order chi connectivity index (χ1) is 16.0. The lowest BCUT2D eigenvalue weighted by Gasteiger charge is -2.25. The van der Waals surface area contributed by atoms with Gasteiger partial charge in [-0.05, 0) is 31.5 Å². The standard InChI is InChI=1S/C24H21N5O4/c1-13(7-8-19(31)28-12-30)29-18-11-26-21(15-4-2-5-16(20(15)18)24(29)33)22(32)17-10-27-23-14(17)6-3-9-25-23/h2-6,9-13,22,32H,7-8H2,1H3,(H,25,27)(H,28,30,31). The van der Waals surface area contributed by atoms with Crippen LogP contribution in [-0.2, 0) is 9.59 Å². The van der Waals surface area contributed by atoms with Crippen molar-refractivity contribution in [1.29, 1.82) is 0 Å². The van der Waals surface area contributed by atoms with Crippen LogP contribution in [0.5, 0.6) is 0 Å². The van der Waals surface area contributed by atoms with Gasteiger partial charge in [-0.3, -0.25) is 24.7 Å². The van der Waals surface area contributed by atoms with Crippen LogP contribution in [0.4, 0.5) is 5.69 Å². The summed E-state index contributed by atoms with van der Waals surface area (Å²) in [6.45, 7) is 1.85. The Hall–Kier alpha value is -4.11. The van der Waals surface area contributed by atoms with Crippen LogP contribution < -0.4 is 10.2 Å². The highest BCUT2D eigenvalue weighted by molar-refractivity contribution is 6.25. The molecule has 0 radical (unpaired) electrons. The van der Waals surface area contributed by atoms with Crippen LogP contribution in [0.2, 0.25) is 0 Å². The van der Waals surface area contributed by atoms with E-state index in [1.807, 2.05) is 19.1 Å². The molecule has 4 aromatic rings. The molecule has 0 spiro atoms. The van der Waals surface area contributed by atoms with Gasteiger partial charge in [-0.2, -0.15) is 0 Å². The first-order valence-corrected chi connectivity index (χ1v) is 10.6. The smallest absolute Gasteiger partial charge is 0.259 e. The van der Waals surface area contributed by atoms with Gasteiger partial charge < -0.3 is 15.0 Å². The number of amides is 3. The molecular weight excluding hydrogens is 422 g/mol. The van der Waals surface area contributed by atoms with Crippen molar-refractivity contribution in [3.05, 3.63) is 65.7 Å². The third-order valence-electron chi connectivity index (χ3n) is 6.12. The maximum Gasteiger partial charge on any atom is 0.259 e. The van der Waals surface area contributed by atoms with Gasteiger partial charge in [-0.15, -0.1) is 0 Å². The number of H-pyrrole nitrogens is 1. The first-order valence-electron chi connectivity index (χ1n) is 10.6. The van der Waals surface area contributed by atoms with Gasteiger partial charge in [0.25, 0.3) is 5.91 Å². The Kier molecular flexibility index (Phi) is 5.10. The van der Waals surface area contributed by atoms with E-state index in [1.165, 1.54) is 0 Å². The molecule has 9 heteroatoms. The van der Waals surface area contributed by atoms with Crippen LogP contribution in [0, 0.1) is 0 Å². The number of benzene rings is 1. The molecule has 2 unspecified atom stereocenters. The summed E-state index contributed by atoms with van der Waals surface area (Å²) in [5.74, 6) is -0.570. The number of hydrogen-bond donors (Lipinski definition) is 3. The number of pyridine rings is 2. The number of imide groups is 1. The Morgan fingerprint density at radius 1 is 1.24 bits per heavy atom. The molecule has 0 fully saturated rings. The number of fused-ring (bicyclic) bond motifs is 1. The second kappa shape index (κ2) is 8.10. The molecule has 5 rings (SSSR count). The molecule has 4 heterocycles. The summed E-state index contributed by atoms with van der Waals surface area (Å²) in [6, 6.07) is 8.78. The number of aromatic amines is 1. The summed E-state index contributed by atoms with van der Waals surface area (Å²) in [7, 11) is 0. The van der Waals surface area contributed by atoms with Gasteiger partial charge in [0, 0.05) is 52.1 Å². The minimum Gasteiger partial charge on any atom is -0.382 e. The van der Waals surface area contributed by atoms with E-state index in [4.69, 9.17) is 0 Å². The van der Waals surface area contributed by atoms with Crippen LogP contribution in [0.15, 0.2) is 48.9 Å². The van der Waals surface area contributed by atoms with E-state index >= 15 is 0 Å². The molecule has 0 saturated heterocycles. The molecule has 33 heavy (non-hydrogen) atoms. The first kappa shape index (κ1) is 20.8. The lowest BCUT2D eigenvalue weighted by Crippen LogP contribution is -2.37. The minimum atomic E-state index is -1.01. The Balaban J connectivity index is 1.54. The van der Waals surface area contributed by atoms with E-state index < -0.39 is 12.0 Å². The second-order valence-electron chi connectivity index (χ2n) is 8.05. The SMILES string of the molecule is CC(CCC(=O)NC=O)N1C(=O)c2cccc3c(C(O)c4c[nH]c5ncccc45)ncc1c23. The number of carbonyl (C=O) groups is 3. The lowest BCUT2D eigenvalue weighted by atomic mass is 9.99. The van der Waals surface area contributed by atoms with Crippen molar-refractivity contribution in [2.75, 3.05) is 4.90 Å². The van der Waals surface area contributed by atoms with Gasteiger partial charge in [-0.1, -0.05) is 12.1 Å². The topological polar surface area (TPSA) is 128 Å². The highest BCUT2D eigenvalue weighted by atomic mass is 16.3. The Labute approximate surface area is 188 Å². The van der Waals surface area contributed by atoms with Crippen molar-refractivity contribution in [3.8, 4) is 0 Å². The van der Waals surface area contributed by atoms with Crippen molar-refractivity contribution in [2.24, 2.45) is 0 Å². The van der Waals surface area contributed by atoms with Crippen molar-refractivity contribution in [3.63, 3.8) is 0 Å². The summed E-state index contributed by atoms with van der Waals surface area (Å²) < 4.78 is 0. The lowest BCUT2D eigenvalue weighted by molar-refractivity contribution is -0.125. The average molecular weight is 443 g/mol. The fraction of sp³-hybridized carbons (Fsp3) is 0.208. The summed E-state index contributed by atoms with van der Waals surface area (Å²) in [5, 5.41) is 15.6. The molecule has 1 aliphatic heterocycles. The molecule has 0 saturated carbocycles. The molecule has 166 valence electrons. The zero-order chi connectivity index (χ0) is 23.1. The van der Waals surface area contributed by atoms with Crippen LogP contribution in [0.1, 0.15) is 47.5 Å². The molecule has 1 aromatic carbocycles. The van der Waals surface area contributed by atoms with E-state index in [2.05, 4.69) is 20.3 Å². The van der Waals surface area contributed by atoms with Gasteiger partial charge in [0.2, 0.25) is 12.3 Å². The fourth-order valence-electron chi connectivity index (χ4n) is 4.52. The number of nitrogens with zero attached hydrogens (tertiary/aromatic N) is 3. The monoisotopic (exact) mass is 443 g/mol. The van der Waals surface area contributed by atoms with Crippen molar-refractivity contribution < 1.29 is 19.5 Å². The second-order valence-corrected chi connectivity index (χ2v) is 8.05. The molecule has 1 aliphatic rings. The normalized spacial score (nSPS) is 14.6. The van der Waals surface area contributed by atoms with E-state index in [1.54, 1.807) is 41.7 Å². The fourth-order valence-corrected chi connectivity index (χ4v) is 4.52. The zero-order valence-electron chi connectivity index (χ0n) is 17.8. The summed E-state index contributed by atoms with van der Waals surface area (Å²) in [6.07, 6.45) is 4.83. The maximum absolute atomic E-state index is 13.2. The maximum atomic E-state index is 13.2. The van der Waals surface area contributed by atoms with Crippen LogP contribution in [-0.4, -0.2) is 44.3 Å². The van der Waals surface area contributed by atoms with Crippen LogP contribution >= 0.6 is 0 Å². The number of aromatic nitrogens is 3. The Bertz CT molecular complexity index is 1410. The van der Waals surface area contributed by atoms with Gasteiger partial charge in [0.15, 0.2) is 0 Å². The predicted octanol–water partition coefficient (Wildman–Crippen LogP) is 2.59.